The fourth-order valence-electron chi connectivity index (χ4n) is 0.344. The molecule has 0 aliphatic heterocycles. The van der Waals surface area contributed by atoms with Crippen molar-refractivity contribution in [1.29, 1.82) is 0 Å². The van der Waals surface area contributed by atoms with Crippen LogP contribution in [0.5, 0.6) is 0 Å². The molecule has 0 N–H and O–H groups in total. The van der Waals surface area contributed by atoms with Gasteiger partial charge in [-0.2, -0.15) is 0 Å². The average molecular weight is 145 g/mol. The summed E-state index contributed by atoms with van der Waals surface area (Å²) in [6.07, 6.45) is 2.54. The van der Waals surface area contributed by atoms with Crippen molar-refractivity contribution < 1.29 is 35.8 Å². The van der Waals surface area contributed by atoms with E-state index in [1.165, 1.54) is 0 Å². The van der Waals surface area contributed by atoms with Gasteiger partial charge in [0.05, 0.1) is 5.38 Å². The average Bonchev–Trinajstić information content (AvgIpc) is 1.68. The van der Waals surface area contributed by atoms with Crippen LogP contribution in [0.3, 0.4) is 0 Å². The first-order chi connectivity index (χ1) is 3.31. The molecular weight excluding hydrogens is 134 g/mol. The van der Waals surface area contributed by atoms with E-state index in [0.717, 1.165) is 19.1 Å². The van der Waals surface area contributed by atoms with Crippen LogP contribution in [0, 0.1) is 0 Å². The van der Waals surface area contributed by atoms with Crippen molar-refractivity contribution in [2.24, 2.45) is 0 Å². The molecule has 0 rings (SSSR count). The number of hydrogen-bond donors (Lipinski definition) is 0. The van der Waals surface area contributed by atoms with Crippen LogP contribution in [-0.4, -0.2) is 11.7 Å². The SMILES string of the molecule is CCCC(Cl)C=O.[H-].[Na+]. The fourth-order valence-corrected chi connectivity index (χ4v) is 0.562. The summed E-state index contributed by atoms with van der Waals surface area (Å²) in [6.45, 7) is 2.00. The zero-order valence-electron chi connectivity index (χ0n) is 6.36. The van der Waals surface area contributed by atoms with Gasteiger partial charge in [0.1, 0.15) is 6.29 Å². The van der Waals surface area contributed by atoms with Crippen LogP contribution in [0.4, 0.5) is 0 Å². The Bertz CT molecular complexity index is 62.9. The molecule has 0 bridgehead atoms. The molecule has 1 unspecified atom stereocenters. The van der Waals surface area contributed by atoms with Crippen LogP contribution in [0.15, 0.2) is 0 Å². The third kappa shape index (κ3) is 6.96. The van der Waals surface area contributed by atoms with Gasteiger partial charge in [-0.3, -0.25) is 0 Å². The van der Waals surface area contributed by atoms with Crippen LogP contribution in [0.25, 0.3) is 0 Å². The molecular formula is C5H10ClNaO. The second-order valence-electron chi connectivity index (χ2n) is 1.44. The van der Waals surface area contributed by atoms with E-state index in [0.29, 0.717) is 0 Å². The van der Waals surface area contributed by atoms with E-state index in [1.54, 1.807) is 0 Å². The maximum absolute atomic E-state index is 9.76. The van der Waals surface area contributed by atoms with Gasteiger partial charge in [-0.25, -0.2) is 0 Å². The van der Waals surface area contributed by atoms with E-state index in [2.05, 4.69) is 0 Å². The van der Waals surface area contributed by atoms with Crippen LogP contribution < -0.4 is 29.6 Å². The number of halogens is 1. The first kappa shape index (κ1) is 11.7. The molecule has 1 nitrogen and oxygen atoms in total. The van der Waals surface area contributed by atoms with Gasteiger partial charge in [0.2, 0.25) is 0 Å². The Labute approximate surface area is 78.6 Å². The first-order valence-electron chi connectivity index (χ1n) is 2.40. The molecule has 0 aromatic rings. The van der Waals surface area contributed by atoms with Crippen LogP contribution in [0.2, 0.25) is 0 Å². The summed E-state index contributed by atoms with van der Waals surface area (Å²) < 4.78 is 0. The molecule has 44 valence electrons. The van der Waals surface area contributed by atoms with Gasteiger partial charge < -0.3 is 6.22 Å². The van der Waals surface area contributed by atoms with Gasteiger partial charge in [-0.15, -0.1) is 11.6 Å². The minimum absolute atomic E-state index is 0. The molecule has 0 aliphatic carbocycles. The van der Waals surface area contributed by atoms with Crippen molar-refractivity contribution in [2.75, 3.05) is 0 Å². The smallest absolute Gasteiger partial charge is 1.00 e. The van der Waals surface area contributed by atoms with Crippen LogP contribution >= 0.6 is 11.6 Å². The molecule has 0 spiro atoms. The van der Waals surface area contributed by atoms with Gasteiger partial charge in [0.25, 0.3) is 0 Å². The molecule has 0 aromatic carbocycles. The topological polar surface area (TPSA) is 17.1 Å². The molecule has 0 aromatic heterocycles. The molecule has 0 amide bonds. The summed E-state index contributed by atoms with van der Waals surface area (Å²) in [6, 6.07) is 0. The first-order valence-corrected chi connectivity index (χ1v) is 2.84. The number of carbonyl (C=O) groups excluding carboxylic acids is 1. The van der Waals surface area contributed by atoms with Crippen molar-refractivity contribution in [3.05, 3.63) is 0 Å². The number of aldehydes is 1. The third-order valence-electron chi connectivity index (χ3n) is 0.712. The summed E-state index contributed by atoms with van der Waals surface area (Å²) in [5.41, 5.74) is 0. The predicted octanol–water partition coefficient (Wildman–Crippen LogP) is -1.29. The maximum Gasteiger partial charge on any atom is 1.00 e. The van der Waals surface area contributed by atoms with Gasteiger partial charge in [0, 0.05) is 0 Å². The van der Waals surface area contributed by atoms with Crippen molar-refractivity contribution in [3.63, 3.8) is 0 Å². The Morgan fingerprint density at radius 2 is 2.38 bits per heavy atom. The van der Waals surface area contributed by atoms with E-state index in [9.17, 15) is 4.79 Å². The van der Waals surface area contributed by atoms with Gasteiger partial charge in [0.15, 0.2) is 0 Å². The van der Waals surface area contributed by atoms with Gasteiger partial charge >= 0.3 is 29.6 Å². The monoisotopic (exact) mass is 144 g/mol. The minimum atomic E-state index is -0.259. The predicted molar refractivity (Wildman–Crippen MR) is 31.7 cm³/mol. The molecule has 0 radical (unpaired) electrons. The van der Waals surface area contributed by atoms with E-state index >= 15 is 0 Å². The second kappa shape index (κ2) is 7.96. The fraction of sp³-hybridized carbons (Fsp3) is 0.800. The van der Waals surface area contributed by atoms with E-state index in [1.807, 2.05) is 6.92 Å². The molecule has 0 saturated heterocycles. The third-order valence-corrected chi connectivity index (χ3v) is 1.03. The van der Waals surface area contributed by atoms with Gasteiger partial charge in [-0.05, 0) is 6.42 Å². The molecule has 0 saturated carbocycles. The molecule has 1 atom stereocenters. The zero-order valence-corrected chi connectivity index (χ0v) is 8.11. The Balaban J connectivity index is -0.000000180. The summed E-state index contributed by atoms with van der Waals surface area (Å²) in [5.74, 6) is 0. The largest absolute Gasteiger partial charge is 1.00 e. The van der Waals surface area contributed by atoms with Gasteiger partial charge in [-0.1, -0.05) is 13.3 Å². The van der Waals surface area contributed by atoms with Crippen molar-refractivity contribution in [1.82, 2.24) is 0 Å². The standard InChI is InChI=1S/C5H9ClO.Na.H/c1-2-3-5(6)4-7;;/h4-5H,2-3H2,1H3;;/q;+1;-1. The Morgan fingerprint density at radius 1 is 1.88 bits per heavy atom. The summed E-state index contributed by atoms with van der Waals surface area (Å²) in [5, 5.41) is -0.259. The number of hydrogen-bond acceptors (Lipinski definition) is 1. The Kier molecular flexibility index (Phi) is 11.7. The molecule has 8 heavy (non-hydrogen) atoms. The van der Waals surface area contributed by atoms with Crippen molar-refractivity contribution in [2.45, 2.75) is 25.1 Å². The maximum atomic E-state index is 9.76. The normalized spacial score (nSPS) is 11.8. The summed E-state index contributed by atoms with van der Waals surface area (Å²) in [7, 11) is 0. The zero-order chi connectivity index (χ0) is 5.70. The quantitative estimate of drug-likeness (QED) is 0.274. The van der Waals surface area contributed by atoms with E-state index < -0.39 is 0 Å². The van der Waals surface area contributed by atoms with E-state index in [4.69, 9.17) is 11.6 Å². The molecule has 3 heteroatoms. The molecule has 0 aliphatic rings. The van der Waals surface area contributed by atoms with Crippen molar-refractivity contribution in [3.8, 4) is 0 Å². The Hall–Kier alpha value is 0.960. The second-order valence-corrected chi connectivity index (χ2v) is 2.00. The van der Waals surface area contributed by atoms with Crippen molar-refractivity contribution >= 4 is 17.9 Å². The number of rotatable bonds is 3. The van der Waals surface area contributed by atoms with E-state index in [-0.39, 0.29) is 36.4 Å². The molecule has 0 heterocycles. The van der Waals surface area contributed by atoms with Crippen LogP contribution in [-0.2, 0) is 4.79 Å². The van der Waals surface area contributed by atoms with Crippen LogP contribution in [0.1, 0.15) is 21.2 Å². The Morgan fingerprint density at radius 3 is 2.50 bits per heavy atom. The summed E-state index contributed by atoms with van der Waals surface area (Å²) in [4.78, 5) is 9.76. The number of alkyl halides is 1. The minimum Gasteiger partial charge on any atom is -1.00 e. The molecule has 0 fully saturated rings. The summed E-state index contributed by atoms with van der Waals surface area (Å²) >= 11 is 5.40. The number of carbonyl (C=O) groups is 1.